The highest BCUT2D eigenvalue weighted by Gasteiger charge is 2.29. The Morgan fingerprint density at radius 2 is 2.05 bits per heavy atom. The highest BCUT2D eigenvalue weighted by Crippen LogP contribution is 2.23. The Morgan fingerprint density at radius 1 is 1.40 bits per heavy atom. The van der Waals surface area contributed by atoms with Crippen LogP contribution in [0.5, 0.6) is 0 Å². The van der Waals surface area contributed by atoms with Gasteiger partial charge in [-0.3, -0.25) is 4.98 Å². The predicted octanol–water partition coefficient (Wildman–Crippen LogP) is 2.61. The van der Waals surface area contributed by atoms with Crippen LogP contribution in [-0.4, -0.2) is 34.7 Å². The lowest BCUT2D eigenvalue weighted by Gasteiger charge is -2.35. The predicted molar refractivity (Wildman–Crippen MR) is 79.2 cm³/mol. The van der Waals surface area contributed by atoms with E-state index in [1.54, 1.807) is 17.3 Å². The summed E-state index contributed by atoms with van der Waals surface area (Å²) in [6.45, 7) is 8.76. The van der Waals surface area contributed by atoms with Gasteiger partial charge < -0.3 is 15.4 Å². The van der Waals surface area contributed by atoms with E-state index in [1.165, 1.54) is 5.57 Å². The molecule has 0 unspecified atom stereocenters. The maximum atomic E-state index is 11.8. The normalized spacial score (nSPS) is 14.8. The van der Waals surface area contributed by atoms with Crippen molar-refractivity contribution in [1.82, 2.24) is 9.88 Å². The van der Waals surface area contributed by atoms with Crippen molar-refractivity contribution in [1.29, 1.82) is 0 Å². The number of anilines is 1. The highest BCUT2D eigenvalue weighted by atomic mass is 16.6. The average Bonchev–Trinajstić information content (AvgIpc) is 2.25. The summed E-state index contributed by atoms with van der Waals surface area (Å²) >= 11 is 0. The van der Waals surface area contributed by atoms with E-state index in [2.05, 4.69) is 4.98 Å². The number of nitrogens with two attached hydrogens (primary N) is 1. The minimum atomic E-state index is -0.453. The molecule has 1 aromatic heterocycles. The number of hydrogen-bond acceptors (Lipinski definition) is 4. The molecular weight excluding hydrogens is 254 g/mol. The number of pyridine rings is 1. The third-order valence-electron chi connectivity index (χ3n) is 3.09. The van der Waals surface area contributed by atoms with E-state index in [4.69, 9.17) is 10.5 Å². The van der Waals surface area contributed by atoms with Crippen LogP contribution in [-0.2, 0) is 4.74 Å². The zero-order chi connectivity index (χ0) is 14.9. The zero-order valence-corrected chi connectivity index (χ0v) is 12.4. The van der Waals surface area contributed by atoms with Crippen molar-refractivity contribution >= 4 is 17.9 Å². The van der Waals surface area contributed by atoms with E-state index >= 15 is 0 Å². The van der Waals surface area contributed by atoms with Gasteiger partial charge in [0.2, 0.25) is 0 Å². The fourth-order valence-electron chi connectivity index (χ4n) is 1.91. The molecule has 0 atom stereocenters. The van der Waals surface area contributed by atoms with Gasteiger partial charge in [0.05, 0.1) is 11.9 Å². The van der Waals surface area contributed by atoms with Gasteiger partial charge in [-0.15, -0.1) is 0 Å². The third-order valence-corrected chi connectivity index (χ3v) is 3.09. The molecule has 0 spiro atoms. The molecule has 1 fully saturated rings. The minimum Gasteiger partial charge on any atom is -0.444 e. The molecule has 1 aliphatic rings. The summed E-state index contributed by atoms with van der Waals surface area (Å²) in [5.74, 6) is 0. The molecule has 0 aromatic carbocycles. The lowest BCUT2D eigenvalue weighted by Crippen LogP contribution is -2.46. The zero-order valence-electron chi connectivity index (χ0n) is 12.4. The van der Waals surface area contributed by atoms with Gasteiger partial charge >= 0.3 is 6.09 Å². The maximum absolute atomic E-state index is 11.8. The van der Waals surface area contributed by atoms with Gasteiger partial charge in [-0.2, -0.15) is 0 Å². The summed E-state index contributed by atoms with van der Waals surface area (Å²) in [6, 6.07) is 0. The van der Waals surface area contributed by atoms with Crippen molar-refractivity contribution in [3.8, 4) is 0 Å². The Balaban J connectivity index is 1.98. The number of aromatic nitrogens is 1. The summed E-state index contributed by atoms with van der Waals surface area (Å²) in [7, 11) is 0. The number of carbonyl (C=O) groups is 1. The monoisotopic (exact) mass is 275 g/mol. The van der Waals surface area contributed by atoms with E-state index in [9.17, 15) is 4.79 Å². The molecule has 5 nitrogen and oxygen atoms in total. The second kappa shape index (κ2) is 5.15. The van der Waals surface area contributed by atoms with Gasteiger partial charge in [-0.1, -0.05) is 6.08 Å². The molecule has 5 heteroatoms. The van der Waals surface area contributed by atoms with Crippen molar-refractivity contribution in [2.24, 2.45) is 0 Å². The molecule has 20 heavy (non-hydrogen) atoms. The molecule has 0 bridgehead atoms. The number of amides is 1. The molecule has 1 saturated heterocycles. The van der Waals surface area contributed by atoms with Crippen molar-refractivity contribution in [2.45, 2.75) is 33.3 Å². The molecule has 0 aliphatic carbocycles. The summed E-state index contributed by atoms with van der Waals surface area (Å²) < 4.78 is 5.31. The van der Waals surface area contributed by atoms with Crippen molar-refractivity contribution in [2.75, 3.05) is 18.8 Å². The van der Waals surface area contributed by atoms with E-state index in [1.807, 2.05) is 33.8 Å². The Morgan fingerprint density at radius 3 is 2.65 bits per heavy atom. The van der Waals surface area contributed by atoms with Gasteiger partial charge in [0.25, 0.3) is 0 Å². The second-order valence-electron chi connectivity index (χ2n) is 6.08. The first-order chi connectivity index (χ1) is 9.26. The highest BCUT2D eigenvalue weighted by molar-refractivity contribution is 5.73. The van der Waals surface area contributed by atoms with Gasteiger partial charge in [-0.05, 0) is 44.4 Å². The SMILES string of the molecule is Cc1c(N)cncc1C=C1CN(C(=O)OC(C)(C)C)C1. The topological polar surface area (TPSA) is 68.5 Å². The lowest BCUT2D eigenvalue weighted by atomic mass is 10.0. The Bertz CT molecular complexity index is 551. The van der Waals surface area contributed by atoms with E-state index in [-0.39, 0.29) is 6.09 Å². The first-order valence-corrected chi connectivity index (χ1v) is 6.64. The summed E-state index contributed by atoms with van der Waals surface area (Å²) in [6.07, 6.45) is 5.21. The summed E-state index contributed by atoms with van der Waals surface area (Å²) in [5.41, 5.74) is 9.25. The smallest absolute Gasteiger partial charge is 0.410 e. The van der Waals surface area contributed by atoms with Crippen LogP contribution in [0.1, 0.15) is 31.9 Å². The van der Waals surface area contributed by atoms with Crippen molar-refractivity contribution in [3.05, 3.63) is 29.1 Å². The first kappa shape index (κ1) is 14.4. The van der Waals surface area contributed by atoms with Gasteiger partial charge in [0.1, 0.15) is 5.60 Å². The maximum Gasteiger partial charge on any atom is 0.410 e. The van der Waals surface area contributed by atoms with Gasteiger partial charge in [0.15, 0.2) is 0 Å². The van der Waals surface area contributed by atoms with Crippen LogP contribution in [0.2, 0.25) is 0 Å². The molecule has 108 valence electrons. The number of nitrogens with zero attached hydrogens (tertiary/aromatic N) is 2. The molecule has 1 amide bonds. The minimum absolute atomic E-state index is 0.267. The van der Waals surface area contributed by atoms with Crippen molar-refractivity contribution in [3.63, 3.8) is 0 Å². The lowest BCUT2D eigenvalue weighted by molar-refractivity contribution is 0.0216. The standard InChI is InChI=1S/C15H21N3O2/c1-10-12(6-17-7-13(10)16)5-11-8-18(9-11)14(19)20-15(2,3)4/h5-7H,8-9,16H2,1-4H3. The van der Waals surface area contributed by atoms with Crippen LogP contribution in [0.15, 0.2) is 18.0 Å². The average molecular weight is 275 g/mol. The van der Waals surface area contributed by atoms with Gasteiger partial charge in [-0.25, -0.2) is 4.79 Å². The molecule has 2 heterocycles. The van der Waals surface area contributed by atoms with Crippen LogP contribution in [0.3, 0.4) is 0 Å². The number of rotatable bonds is 1. The third kappa shape index (κ3) is 3.29. The van der Waals surface area contributed by atoms with E-state index in [0.29, 0.717) is 18.8 Å². The van der Waals surface area contributed by atoms with Crippen LogP contribution in [0.25, 0.3) is 6.08 Å². The molecule has 1 aromatic rings. The van der Waals surface area contributed by atoms with E-state index in [0.717, 1.165) is 11.1 Å². The largest absolute Gasteiger partial charge is 0.444 e. The van der Waals surface area contributed by atoms with Crippen molar-refractivity contribution < 1.29 is 9.53 Å². The van der Waals surface area contributed by atoms with Crippen LogP contribution < -0.4 is 5.73 Å². The first-order valence-electron chi connectivity index (χ1n) is 6.64. The Labute approximate surface area is 119 Å². The number of hydrogen-bond donors (Lipinski definition) is 1. The fraction of sp³-hybridized carbons (Fsp3) is 0.467. The summed E-state index contributed by atoms with van der Waals surface area (Å²) in [5, 5.41) is 0. The second-order valence-corrected chi connectivity index (χ2v) is 6.08. The molecule has 0 radical (unpaired) electrons. The van der Waals surface area contributed by atoms with Crippen LogP contribution in [0, 0.1) is 6.92 Å². The van der Waals surface area contributed by atoms with E-state index < -0.39 is 5.60 Å². The molecule has 0 saturated carbocycles. The Hall–Kier alpha value is -2.04. The fourth-order valence-corrected chi connectivity index (χ4v) is 1.91. The number of carbonyl (C=O) groups excluding carboxylic acids is 1. The Kier molecular flexibility index (Phi) is 3.70. The number of nitrogen functional groups attached to an aromatic ring is 1. The molecular formula is C15H21N3O2. The number of ether oxygens (including phenoxy) is 1. The van der Waals surface area contributed by atoms with Crippen LogP contribution in [0.4, 0.5) is 10.5 Å². The summed E-state index contributed by atoms with van der Waals surface area (Å²) in [4.78, 5) is 17.6. The molecule has 1 aliphatic heterocycles. The molecule has 2 N–H and O–H groups in total. The number of likely N-dealkylation sites (tertiary alicyclic amines) is 1. The van der Waals surface area contributed by atoms with Crippen LogP contribution >= 0.6 is 0 Å². The van der Waals surface area contributed by atoms with Gasteiger partial charge in [0, 0.05) is 19.3 Å². The molecule has 2 rings (SSSR count). The quantitative estimate of drug-likeness (QED) is 0.855.